The Labute approximate surface area is 371 Å². The molecule has 4 nitrogen and oxygen atoms in total. The second-order valence-corrected chi connectivity index (χ2v) is 17.3. The number of nitrogens with two attached hydrogens (primary N) is 1. The molecule has 64 heavy (non-hydrogen) atoms. The van der Waals surface area contributed by atoms with Crippen LogP contribution in [0.2, 0.25) is 0 Å². The average molecular weight is 819 g/mol. The molecule has 4 heteroatoms. The van der Waals surface area contributed by atoms with Gasteiger partial charge in [0.15, 0.2) is 5.84 Å². The van der Waals surface area contributed by atoms with E-state index in [1.54, 1.807) is 0 Å². The highest BCUT2D eigenvalue weighted by Crippen LogP contribution is 2.65. The highest BCUT2D eigenvalue weighted by molar-refractivity contribution is 6.36. The third kappa shape index (κ3) is 4.99. The summed E-state index contributed by atoms with van der Waals surface area (Å²) in [7, 11) is 0. The van der Waals surface area contributed by atoms with E-state index in [0.29, 0.717) is 17.6 Å². The van der Waals surface area contributed by atoms with E-state index in [9.17, 15) is 0 Å². The van der Waals surface area contributed by atoms with Crippen LogP contribution in [0.5, 0.6) is 0 Å². The Morgan fingerprint density at radius 2 is 1.14 bits per heavy atom. The van der Waals surface area contributed by atoms with E-state index < -0.39 is 5.41 Å². The van der Waals surface area contributed by atoms with E-state index in [1.807, 2.05) is 18.2 Å². The van der Waals surface area contributed by atoms with Crippen molar-refractivity contribution >= 4 is 60.8 Å². The predicted octanol–water partition coefficient (Wildman–Crippen LogP) is 14.2. The summed E-state index contributed by atoms with van der Waals surface area (Å²) in [5.41, 5.74) is 22.2. The summed E-state index contributed by atoms with van der Waals surface area (Å²) in [5, 5.41) is 7.51. The van der Waals surface area contributed by atoms with Crippen molar-refractivity contribution < 1.29 is 0 Å². The molecule has 302 valence electrons. The van der Waals surface area contributed by atoms with Crippen LogP contribution in [0, 0.1) is 0 Å². The Morgan fingerprint density at radius 3 is 1.78 bits per heavy atom. The van der Waals surface area contributed by atoms with Gasteiger partial charge in [0.2, 0.25) is 0 Å². The maximum atomic E-state index is 6.88. The number of hydrogen-bond acceptors (Lipinski definition) is 1. The van der Waals surface area contributed by atoms with Gasteiger partial charge in [-0.3, -0.25) is 4.57 Å². The quantitative estimate of drug-likeness (QED) is 0.105. The van der Waals surface area contributed by atoms with Crippen LogP contribution in [-0.2, 0) is 5.41 Å². The zero-order chi connectivity index (χ0) is 42.5. The average Bonchev–Trinajstić information content (AvgIpc) is 3.98. The number of rotatable bonds is 5. The number of benzene rings is 9. The normalized spacial score (nSPS) is 16.3. The lowest BCUT2D eigenvalue weighted by molar-refractivity contribution is 0.802. The van der Waals surface area contributed by atoms with E-state index in [4.69, 9.17) is 15.7 Å². The second kappa shape index (κ2) is 14.0. The lowest BCUT2D eigenvalue weighted by Gasteiger charge is -2.32. The molecule has 1 spiro atoms. The molecule has 1 atom stereocenters. The number of fused-ring (bicyclic) bond motifs is 14. The molecular weight excluding hydrogens is 777 g/mol. The summed E-state index contributed by atoms with van der Waals surface area (Å²) in [6.45, 7) is 2.06. The van der Waals surface area contributed by atoms with Crippen molar-refractivity contribution in [3.05, 3.63) is 245 Å². The van der Waals surface area contributed by atoms with Crippen molar-refractivity contribution in [1.82, 2.24) is 4.57 Å². The first-order valence-corrected chi connectivity index (χ1v) is 22.3. The predicted molar refractivity (Wildman–Crippen MR) is 268 cm³/mol. The third-order valence-corrected chi connectivity index (χ3v) is 14.1. The largest absolute Gasteiger partial charge is 0.383 e. The summed E-state index contributed by atoms with van der Waals surface area (Å²) in [5.74, 6) is 2.10. The fraction of sp³-hybridized carbons (Fsp3) is 0.0667. The molecule has 0 saturated carbocycles. The SMILES string of the molecule is C/C=C(/N=C(\N=C(N)c1ccc(C2C=CC=CC2)cc1)c1ccccc1)n1c2cccc3c4ccc5c(c4c4cccc1c4c32)C1(c2ccccc2-c2ccccc21)c1ccccc1-5. The smallest absolute Gasteiger partial charge is 0.163 e. The topological polar surface area (TPSA) is 55.7 Å². The molecule has 1 unspecified atom stereocenters. The number of hydrogen-bond donors (Lipinski definition) is 1. The molecule has 0 aliphatic heterocycles. The van der Waals surface area contributed by atoms with Gasteiger partial charge in [-0.1, -0.05) is 188 Å². The van der Waals surface area contributed by atoms with Crippen LogP contribution in [0.25, 0.3) is 71.4 Å². The van der Waals surface area contributed by atoms with Crippen molar-refractivity contribution in [2.75, 3.05) is 0 Å². The molecule has 3 aliphatic rings. The standard InChI is InChI=1S/C60H42N4/c1-2-53(62-59(40-19-7-4-8-20-40)63-58(61)39-33-31-38(32-34-39)37-17-5-3-6-18-37)64-51-29-15-24-44-45-35-36-46-43-23-11-14-28-50(43)60(48-26-12-9-21-41(48)42-22-10-13-27-49(42)60)57(46)54(45)47-25-16-30-52(64)56(47)55(44)51/h2-17,19-37H,18H2,1H3,(H2,61,62,63)/b53-2-. The molecule has 1 aromatic heterocycles. The molecule has 0 radical (unpaired) electrons. The number of aromatic nitrogens is 1. The lowest BCUT2D eigenvalue weighted by atomic mass is 9.69. The van der Waals surface area contributed by atoms with Crippen LogP contribution >= 0.6 is 0 Å². The zero-order valence-electron chi connectivity index (χ0n) is 35.3. The van der Waals surface area contributed by atoms with Gasteiger partial charge in [0.05, 0.1) is 16.4 Å². The van der Waals surface area contributed by atoms with Crippen molar-refractivity contribution in [2.45, 2.75) is 24.7 Å². The van der Waals surface area contributed by atoms with Gasteiger partial charge < -0.3 is 5.73 Å². The minimum atomic E-state index is -0.480. The fourth-order valence-electron chi connectivity index (χ4n) is 11.5. The molecule has 0 bridgehead atoms. The molecule has 0 fully saturated rings. The first-order chi connectivity index (χ1) is 31.6. The highest BCUT2D eigenvalue weighted by atomic mass is 15.1. The van der Waals surface area contributed by atoms with Gasteiger partial charge in [-0.2, -0.15) is 0 Å². The van der Waals surface area contributed by atoms with Gasteiger partial charge in [-0.05, 0) is 103 Å². The summed E-state index contributed by atoms with van der Waals surface area (Å²) in [4.78, 5) is 10.5. The number of amidine groups is 2. The zero-order valence-corrected chi connectivity index (χ0v) is 35.3. The van der Waals surface area contributed by atoms with Crippen molar-refractivity contribution in [3.8, 4) is 22.3 Å². The fourth-order valence-corrected chi connectivity index (χ4v) is 11.5. The number of nitrogens with zero attached hydrogens (tertiary/aromatic N) is 3. The Hall–Kier alpha value is -8.08. The van der Waals surface area contributed by atoms with Crippen molar-refractivity contribution in [1.29, 1.82) is 0 Å². The van der Waals surface area contributed by atoms with Crippen LogP contribution in [0.15, 0.2) is 216 Å². The van der Waals surface area contributed by atoms with Gasteiger partial charge >= 0.3 is 0 Å². The van der Waals surface area contributed by atoms with E-state index in [0.717, 1.165) is 34.4 Å². The minimum absolute atomic E-state index is 0.362. The maximum Gasteiger partial charge on any atom is 0.163 e. The van der Waals surface area contributed by atoms with Gasteiger partial charge in [0.1, 0.15) is 11.7 Å². The van der Waals surface area contributed by atoms with E-state index >= 15 is 0 Å². The highest BCUT2D eigenvalue weighted by Gasteiger charge is 2.52. The molecule has 0 amide bonds. The first kappa shape index (κ1) is 36.6. The van der Waals surface area contributed by atoms with Crippen molar-refractivity contribution in [2.24, 2.45) is 15.7 Å². The van der Waals surface area contributed by atoms with Crippen LogP contribution in [0.4, 0.5) is 0 Å². The van der Waals surface area contributed by atoms with Gasteiger partial charge in [0, 0.05) is 27.8 Å². The summed E-state index contributed by atoms with van der Waals surface area (Å²) in [6, 6.07) is 64.2. The molecule has 3 aliphatic carbocycles. The summed E-state index contributed by atoms with van der Waals surface area (Å²) in [6.07, 6.45) is 11.8. The molecule has 9 aromatic carbocycles. The summed E-state index contributed by atoms with van der Waals surface area (Å²) < 4.78 is 2.32. The lowest BCUT2D eigenvalue weighted by Crippen LogP contribution is -2.26. The van der Waals surface area contributed by atoms with Crippen LogP contribution in [-0.4, -0.2) is 16.2 Å². The molecule has 1 heterocycles. The Bertz CT molecular complexity index is 3640. The van der Waals surface area contributed by atoms with Crippen LogP contribution in [0.1, 0.15) is 58.2 Å². The Balaban J connectivity index is 1.05. The summed E-state index contributed by atoms with van der Waals surface area (Å²) >= 11 is 0. The molecule has 10 aromatic rings. The van der Waals surface area contributed by atoms with Gasteiger partial charge in [-0.15, -0.1) is 0 Å². The van der Waals surface area contributed by atoms with Gasteiger partial charge in [0.25, 0.3) is 0 Å². The Kier molecular flexibility index (Phi) is 7.98. The molecule has 13 rings (SSSR count). The maximum absolute atomic E-state index is 6.88. The molecule has 0 saturated heterocycles. The van der Waals surface area contributed by atoms with E-state index in [1.165, 1.54) is 82.4 Å². The van der Waals surface area contributed by atoms with Gasteiger partial charge in [-0.25, -0.2) is 9.98 Å². The molecule has 2 N–H and O–H groups in total. The Morgan fingerprint density at radius 1 is 0.547 bits per heavy atom. The number of aliphatic imine (C=N–C) groups is 2. The van der Waals surface area contributed by atoms with Crippen LogP contribution < -0.4 is 5.73 Å². The van der Waals surface area contributed by atoms with Crippen LogP contribution in [0.3, 0.4) is 0 Å². The first-order valence-electron chi connectivity index (χ1n) is 22.3. The van der Waals surface area contributed by atoms with E-state index in [2.05, 4.69) is 200 Å². The van der Waals surface area contributed by atoms with E-state index in [-0.39, 0.29) is 0 Å². The number of allylic oxidation sites excluding steroid dienone is 5. The molecular formula is C60H42N4. The minimum Gasteiger partial charge on any atom is -0.383 e. The second-order valence-electron chi connectivity index (χ2n) is 17.3. The monoisotopic (exact) mass is 818 g/mol. The third-order valence-electron chi connectivity index (χ3n) is 14.1. The van der Waals surface area contributed by atoms with Crippen molar-refractivity contribution in [3.63, 3.8) is 0 Å².